The molecule has 0 fully saturated rings. The Hall–Kier alpha value is -2.82. The average molecular weight is 339 g/mol. The van der Waals surface area contributed by atoms with Crippen LogP contribution in [0, 0.1) is 0 Å². The van der Waals surface area contributed by atoms with E-state index in [4.69, 9.17) is 0 Å². The summed E-state index contributed by atoms with van der Waals surface area (Å²) in [5.74, 6) is -0.152. The van der Waals surface area contributed by atoms with Gasteiger partial charge < -0.3 is 15.1 Å². The third-order valence-corrected chi connectivity index (χ3v) is 3.96. The molecule has 2 aromatic rings. The van der Waals surface area contributed by atoms with Crippen LogP contribution in [0.1, 0.15) is 22.3 Å². The van der Waals surface area contributed by atoms with Gasteiger partial charge in [-0.25, -0.2) is 0 Å². The monoisotopic (exact) mass is 339 g/mol. The van der Waals surface area contributed by atoms with Gasteiger partial charge in [-0.2, -0.15) is 0 Å². The van der Waals surface area contributed by atoms with Crippen molar-refractivity contribution in [3.63, 3.8) is 0 Å². The number of hydrogen-bond donors (Lipinski definition) is 1. The highest BCUT2D eigenvalue weighted by Gasteiger charge is 2.11. The molecule has 0 aliphatic carbocycles. The summed E-state index contributed by atoms with van der Waals surface area (Å²) < 4.78 is 0. The standard InChI is InChI=1S/C20H25N3O2/c1-22(2)18-11-9-16(10-12-18)15-23(3)19(24)13-14-21-20(25)17-7-5-4-6-8-17/h4-12H,13-15H2,1-3H3,(H,21,25). The molecule has 0 aliphatic rings. The van der Waals surface area contributed by atoms with Crippen LogP contribution in [0.25, 0.3) is 0 Å². The molecule has 5 nitrogen and oxygen atoms in total. The van der Waals surface area contributed by atoms with Gasteiger partial charge in [0.2, 0.25) is 5.91 Å². The lowest BCUT2D eigenvalue weighted by molar-refractivity contribution is -0.130. The predicted octanol–water partition coefficient (Wildman–Crippen LogP) is 2.53. The number of benzene rings is 2. The molecule has 132 valence electrons. The van der Waals surface area contributed by atoms with E-state index in [1.54, 1.807) is 24.1 Å². The molecule has 0 radical (unpaired) electrons. The smallest absolute Gasteiger partial charge is 0.251 e. The highest BCUT2D eigenvalue weighted by Crippen LogP contribution is 2.13. The van der Waals surface area contributed by atoms with Crippen molar-refractivity contribution >= 4 is 17.5 Å². The van der Waals surface area contributed by atoms with Crippen molar-refractivity contribution in [3.05, 3.63) is 65.7 Å². The number of anilines is 1. The maximum absolute atomic E-state index is 12.2. The highest BCUT2D eigenvalue weighted by atomic mass is 16.2. The largest absolute Gasteiger partial charge is 0.378 e. The van der Waals surface area contributed by atoms with E-state index in [0.717, 1.165) is 11.3 Å². The van der Waals surface area contributed by atoms with Crippen LogP contribution in [0.3, 0.4) is 0 Å². The van der Waals surface area contributed by atoms with Gasteiger partial charge in [-0.3, -0.25) is 9.59 Å². The van der Waals surface area contributed by atoms with Crippen molar-refractivity contribution in [1.82, 2.24) is 10.2 Å². The number of amides is 2. The van der Waals surface area contributed by atoms with Crippen molar-refractivity contribution in [2.75, 3.05) is 32.6 Å². The van der Waals surface area contributed by atoms with Gasteiger partial charge in [-0.05, 0) is 29.8 Å². The van der Waals surface area contributed by atoms with Gasteiger partial charge in [0.15, 0.2) is 0 Å². The summed E-state index contributed by atoms with van der Waals surface area (Å²) in [5.41, 5.74) is 2.81. The van der Waals surface area contributed by atoms with Gasteiger partial charge in [0.05, 0.1) is 0 Å². The van der Waals surface area contributed by atoms with Gasteiger partial charge in [-0.1, -0.05) is 30.3 Å². The second-order valence-corrected chi connectivity index (χ2v) is 6.18. The summed E-state index contributed by atoms with van der Waals surface area (Å²) in [4.78, 5) is 27.9. The van der Waals surface area contributed by atoms with Crippen molar-refractivity contribution < 1.29 is 9.59 Å². The number of carbonyl (C=O) groups is 2. The van der Waals surface area contributed by atoms with Crippen LogP contribution in [0.2, 0.25) is 0 Å². The topological polar surface area (TPSA) is 52.6 Å². The number of carbonyl (C=O) groups excluding carboxylic acids is 2. The van der Waals surface area contributed by atoms with E-state index < -0.39 is 0 Å². The number of nitrogens with one attached hydrogen (secondary N) is 1. The summed E-state index contributed by atoms with van der Waals surface area (Å²) in [6.45, 7) is 0.885. The molecule has 2 rings (SSSR count). The zero-order chi connectivity index (χ0) is 18.2. The first-order valence-electron chi connectivity index (χ1n) is 8.31. The lowest BCUT2D eigenvalue weighted by atomic mass is 10.2. The average Bonchev–Trinajstić information content (AvgIpc) is 2.62. The number of hydrogen-bond acceptors (Lipinski definition) is 3. The minimum Gasteiger partial charge on any atom is -0.378 e. The van der Waals surface area contributed by atoms with Gasteiger partial charge in [0.1, 0.15) is 0 Å². The van der Waals surface area contributed by atoms with Crippen LogP contribution < -0.4 is 10.2 Å². The van der Waals surface area contributed by atoms with Gasteiger partial charge >= 0.3 is 0 Å². The molecule has 0 atom stereocenters. The van der Waals surface area contributed by atoms with E-state index in [2.05, 4.69) is 5.32 Å². The molecule has 2 aromatic carbocycles. The first kappa shape index (κ1) is 18.5. The van der Waals surface area contributed by atoms with Crippen LogP contribution in [0.15, 0.2) is 54.6 Å². The molecule has 25 heavy (non-hydrogen) atoms. The number of rotatable bonds is 7. The van der Waals surface area contributed by atoms with E-state index in [1.165, 1.54) is 0 Å². The van der Waals surface area contributed by atoms with Crippen molar-refractivity contribution in [2.45, 2.75) is 13.0 Å². The van der Waals surface area contributed by atoms with E-state index in [-0.39, 0.29) is 18.2 Å². The fourth-order valence-electron chi connectivity index (χ4n) is 2.43. The summed E-state index contributed by atoms with van der Waals surface area (Å²) in [7, 11) is 5.77. The van der Waals surface area contributed by atoms with Crippen molar-refractivity contribution in [2.24, 2.45) is 0 Å². The first-order valence-corrected chi connectivity index (χ1v) is 8.31. The molecular weight excluding hydrogens is 314 g/mol. The molecule has 1 N–H and O–H groups in total. The van der Waals surface area contributed by atoms with E-state index in [1.807, 2.05) is 61.5 Å². The summed E-state index contributed by atoms with van der Waals surface area (Å²) in [5, 5.41) is 2.78. The molecule has 0 heterocycles. The van der Waals surface area contributed by atoms with E-state index in [0.29, 0.717) is 18.7 Å². The molecule has 5 heteroatoms. The van der Waals surface area contributed by atoms with Crippen LogP contribution >= 0.6 is 0 Å². The van der Waals surface area contributed by atoms with Crippen LogP contribution in [0.4, 0.5) is 5.69 Å². The Bertz CT molecular complexity index is 697. The zero-order valence-electron chi connectivity index (χ0n) is 15.0. The maximum Gasteiger partial charge on any atom is 0.251 e. The molecule has 0 aliphatic heterocycles. The van der Waals surface area contributed by atoms with Gasteiger partial charge in [0, 0.05) is 51.9 Å². The summed E-state index contributed by atoms with van der Waals surface area (Å²) >= 11 is 0. The molecule has 0 saturated carbocycles. The Morgan fingerprint density at radius 1 is 0.920 bits per heavy atom. The minimum atomic E-state index is -0.157. The molecule has 0 spiro atoms. The van der Waals surface area contributed by atoms with E-state index >= 15 is 0 Å². The fraction of sp³-hybridized carbons (Fsp3) is 0.300. The Morgan fingerprint density at radius 2 is 1.56 bits per heavy atom. The summed E-state index contributed by atoms with van der Waals surface area (Å²) in [6, 6.07) is 17.1. The van der Waals surface area contributed by atoms with Gasteiger partial charge in [-0.15, -0.1) is 0 Å². The molecular formula is C20H25N3O2. The first-order chi connectivity index (χ1) is 12.0. The SMILES string of the molecule is CN(Cc1ccc(N(C)C)cc1)C(=O)CCNC(=O)c1ccccc1. The fourth-order valence-corrected chi connectivity index (χ4v) is 2.43. The second kappa shape index (κ2) is 8.87. The molecule has 0 bridgehead atoms. The van der Waals surface area contributed by atoms with Crippen LogP contribution in [-0.2, 0) is 11.3 Å². The third-order valence-electron chi connectivity index (χ3n) is 3.96. The third kappa shape index (κ3) is 5.64. The second-order valence-electron chi connectivity index (χ2n) is 6.18. The normalized spacial score (nSPS) is 10.2. The zero-order valence-corrected chi connectivity index (χ0v) is 15.0. The molecule has 0 aromatic heterocycles. The van der Waals surface area contributed by atoms with Crippen molar-refractivity contribution in [3.8, 4) is 0 Å². The quantitative estimate of drug-likeness (QED) is 0.843. The molecule has 0 saturated heterocycles. The minimum absolute atomic E-state index is 0.00467. The van der Waals surface area contributed by atoms with Crippen LogP contribution in [-0.4, -0.2) is 44.4 Å². The number of nitrogens with zero attached hydrogens (tertiary/aromatic N) is 2. The predicted molar refractivity (Wildman–Crippen MR) is 101 cm³/mol. The maximum atomic E-state index is 12.2. The Kier molecular flexibility index (Phi) is 6.57. The lowest BCUT2D eigenvalue weighted by Gasteiger charge is -2.18. The Labute approximate surface area is 149 Å². The Balaban J connectivity index is 1.77. The van der Waals surface area contributed by atoms with Crippen LogP contribution in [0.5, 0.6) is 0 Å². The lowest BCUT2D eigenvalue weighted by Crippen LogP contribution is -2.31. The summed E-state index contributed by atoms with van der Waals surface area (Å²) in [6.07, 6.45) is 0.283. The Morgan fingerprint density at radius 3 is 2.16 bits per heavy atom. The molecule has 2 amide bonds. The van der Waals surface area contributed by atoms with Crippen molar-refractivity contribution in [1.29, 1.82) is 0 Å². The van der Waals surface area contributed by atoms with Gasteiger partial charge in [0.25, 0.3) is 5.91 Å². The van der Waals surface area contributed by atoms with E-state index in [9.17, 15) is 9.59 Å². The molecule has 0 unspecified atom stereocenters. The highest BCUT2D eigenvalue weighted by molar-refractivity contribution is 5.94.